The molecule has 2 aliphatic heterocycles. The lowest BCUT2D eigenvalue weighted by Gasteiger charge is -2.34. The number of carbonyl (C=O) groups is 2. The molecule has 3 aliphatic rings. The maximum absolute atomic E-state index is 12.4. The first-order chi connectivity index (χ1) is 10.8. The van der Waals surface area contributed by atoms with Gasteiger partial charge in [-0.3, -0.25) is 9.59 Å². The van der Waals surface area contributed by atoms with Crippen LogP contribution in [0.25, 0.3) is 0 Å². The number of nitrogens with zero attached hydrogens (tertiary/aromatic N) is 2. The zero-order valence-electron chi connectivity index (χ0n) is 13.6. The second-order valence-corrected chi connectivity index (χ2v) is 9.28. The highest BCUT2D eigenvalue weighted by Gasteiger charge is 2.43. The summed E-state index contributed by atoms with van der Waals surface area (Å²) < 4.78 is 0. The smallest absolute Gasteiger partial charge is 0.262 e. The van der Waals surface area contributed by atoms with Crippen molar-refractivity contribution < 1.29 is 9.59 Å². The number of hydrogen-bond donors (Lipinski definition) is 1. The first kappa shape index (κ1) is 16.8. The first-order valence-electron chi connectivity index (χ1n) is 7.77. The molecule has 0 bridgehead atoms. The number of amides is 2. The fraction of sp³-hybridized carbons (Fsp3) is 0.625. The Morgan fingerprint density at radius 2 is 2.13 bits per heavy atom. The van der Waals surface area contributed by atoms with Crippen LogP contribution in [0.2, 0.25) is 0 Å². The zero-order valence-corrected chi connectivity index (χ0v) is 15.2. The van der Waals surface area contributed by atoms with E-state index in [0.717, 1.165) is 36.1 Å². The number of carbonyl (C=O) groups excluding carboxylic acids is 2. The van der Waals surface area contributed by atoms with Gasteiger partial charge in [0.15, 0.2) is 5.17 Å². The normalized spacial score (nSPS) is 27.3. The van der Waals surface area contributed by atoms with Gasteiger partial charge in [0.1, 0.15) is 5.92 Å². The van der Waals surface area contributed by atoms with Crippen LogP contribution in [0, 0.1) is 17.3 Å². The molecule has 2 unspecified atom stereocenters. The molecule has 23 heavy (non-hydrogen) atoms. The van der Waals surface area contributed by atoms with Crippen molar-refractivity contribution in [1.82, 2.24) is 0 Å². The van der Waals surface area contributed by atoms with Crippen molar-refractivity contribution in [1.29, 1.82) is 0 Å². The van der Waals surface area contributed by atoms with E-state index in [9.17, 15) is 9.59 Å². The number of amidine groups is 1. The maximum atomic E-state index is 12.4. The summed E-state index contributed by atoms with van der Waals surface area (Å²) in [6.07, 6.45) is 3.10. The zero-order chi connectivity index (χ0) is 16.8. The van der Waals surface area contributed by atoms with E-state index in [-0.39, 0.29) is 23.0 Å². The minimum Gasteiger partial charge on any atom is -0.369 e. The predicted octanol–water partition coefficient (Wildman–Crippen LogP) is 2.96. The molecule has 3 rings (SSSR count). The van der Waals surface area contributed by atoms with E-state index in [4.69, 9.17) is 5.73 Å². The van der Waals surface area contributed by atoms with Crippen LogP contribution < -0.4 is 5.73 Å². The van der Waals surface area contributed by atoms with Crippen molar-refractivity contribution in [3.8, 4) is 0 Å². The van der Waals surface area contributed by atoms with Gasteiger partial charge in [-0.1, -0.05) is 44.3 Å². The summed E-state index contributed by atoms with van der Waals surface area (Å²) in [4.78, 5) is 33.2. The Balaban J connectivity index is 1.78. The van der Waals surface area contributed by atoms with Crippen LogP contribution >= 0.6 is 23.5 Å². The number of hydrogen-bond acceptors (Lipinski definition) is 5. The minimum atomic E-state index is -0.433. The summed E-state index contributed by atoms with van der Waals surface area (Å²) in [7, 11) is 0. The molecule has 2 N–H and O–H groups in total. The van der Waals surface area contributed by atoms with Crippen LogP contribution in [-0.4, -0.2) is 27.8 Å². The highest BCUT2D eigenvalue weighted by Crippen LogP contribution is 2.52. The summed E-state index contributed by atoms with van der Waals surface area (Å²) in [5, 5.41) is 1.19. The van der Waals surface area contributed by atoms with Crippen molar-refractivity contribution in [2.75, 3.05) is 5.75 Å². The van der Waals surface area contributed by atoms with Crippen LogP contribution in [-0.2, 0) is 9.59 Å². The van der Waals surface area contributed by atoms with Gasteiger partial charge in [0.25, 0.3) is 5.91 Å². The van der Waals surface area contributed by atoms with Crippen molar-refractivity contribution in [3.05, 3.63) is 10.5 Å². The molecule has 0 aromatic heterocycles. The van der Waals surface area contributed by atoms with Gasteiger partial charge in [0.05, 0.1) is 10.8 Å². The van der Waals surface area contributed by atoms with E-state index in [2.05, 4.69) is 30.8 Å². The summed E-state index contributed by atoms with van der Waals surface area (Å²) in [6, 6.07) is 0. The molecule has 0 aromatic rings. The molecule has 2 heterocycles. The van der Waals surface area contributed by atoms with Crippen LogP contribution in [0.15, 0.2) is 20.5 Å². The molecule has 5 nitrogen and oxygen atoms in total. The van der Waals surface area contributed by atoms with E-state index in [1.165, 1.54) is 10.5 Å². The minimum absolute atomic E-state index is 0.0947. The van der Waals surface area contributed by atoms with Crippen LogP contribution in [0.1, 0.15) is 40.0 Å². The number of nitrogens with two attached hydrogens (primary N) is 1. The molecule has 1 aliphatic carbocycles. The fourth-order valence-corrected chi connectivity index (χ4v) is 5.26. The third kappa shape index (κ3) is 3.40. The van der Waals surface area contributed by atoms with Gasteiger partial charge in [-0.05, 0) is 41.1 Å². The highest BCUT2D eigenvalue weighted by atomic mass is 32.2. The van der Waals surface area contributed by atoms with Gasteiger partial charge in [0, 0.05) is 0 Å². The number of thioether (sulfide) groups is 2. The van der Waals surface area contributed by atoms with E-state index in [1.54, 1.807) is 11.8 Å². The second-order valence-electron chi connectivity index (χ2n) is 7.23. The molecule has 2 amide bonds. The van der Waals surface area contributed by atoms with E-state index in [1.807, 2.05) is 0 Å². The average Bonchev–Trinajstić information content (AvgIpc) is 2.81. The molecule has 2 atom stereocenters. The first-order valence-corrected chi connectivity index (χ1v) is 9.58. The van der Waals surface area contributed by atoms with Crippen molar-refractivity contribution in [2.24, 2.45) is 33.0 Å². The molecule has 0 radical (unpaired) electrons. The Bertz CT molecular complexity index is 659. The number of aliphatic imine (C=N–C) groups is 2. The Morgan fingerprint density at radius 1 is 1.39 bits per heavy atom. The van der Waals surface area contributed by atoms with Crippen molar-refractivity contribution >= 4 is 45.5 Å². The third-order valence-electron chi connectivity index (χ3n) is 4.60. The number of fused-ring (bicyclic) bond motifs is 2. The highest BCUT2D eigenvalue weighted by molar-refractivity contribution is 8.18. The lowest BCUT2D eigenvalue weighted by atomic mass is 9.71. The lowest BCUT2D eigenvalue weighted by molar-refractivity contribution is -0.119. The lowest BCUT2D eigenvalue weighted by Crippen LogP contribution is -2.27. The van der Waals surface area contributed by atoms with Crippen molar-refractivity contribution in [3.63, 3.8) is 0 Å². The van der Waals surface area contributed by atoms with Crippen molar-refractivity contribution in [2.45, 2.75) is 40.0 Å². The molecule has 0 fully saturated rings. The molecule has 0 saturated heterocycles. The molecule has 0 aromatic carbocycles. The molecular weight excluding hydrogens is 330 g/mol. The second kappa shape index (κ2) is 6.09. The van der Waals surface area contributed by atoms with Crippen LogP contribution in [0.5, 0.6) is 0 Å². The maximum Gasteiger partial charge on any atom is 0.262 e. The quantitative estimate of drug-likeness (QED) is 0.829. The standard InChI is InChI=1S/C16H21N3O2S2/c1-16(2,3)8-4-5-9-10(6-8)23-14-12(9)13(21)18-15(19-14)22-7-11(17)20/h8,12H,4-7H2,1-3H3,(H2,17,20). The summed E-state index contributed by atoms with van der Waals surface area (Å²) in [6.45, 7) is 6.83. The number of allylic oxidation sites excluding steroid dienone is 1. The average molecular weight is 351 g/mol. The van der Waals surface area contributed by atoms with Crippen LogP contribution in [0.3, 0.4) is 0 Å². The van der Waals surface area contributed by atoms with Crippen LogP contribution in [0.4, 0.5) is 0 Å². The van der Waals surface area contributed by atoms with E-state index in [0.29, 0.717) is 11.1 Å². The van der Waals surface area contributed by atoms with Gasteiger partial charge in [-0.15, -0.1) is 0 Å². The third-order valence-corrected chi connectivity index (χ3v) is 6.68. The Kier molecular flexibility index (Phi) is 4.44. The molecule has 124 valence electrons. The Labute approximate surface area is 144 Å². The monoisotopic (exact) mass is 351 g/mol. The van der Waals surface area contributed by atoms with Gasteiger partial charge >= 0.3 is 0 Å². The summed E-state index contributed by atoms with van der Waals surface area (Å²) >= 11 is 2.77. The fourth-order valence-electron chi connectivity index (χ4n) is 3.23. The molecule has 0 spiro atoms. The molecular formula is C16H21N3O2S2. The van der Waals surface area contributed by atoms with Gasteiger partial charge in [-0.25, -0.2) is 4.99 Å². The van der Waals surface area contributed by atoms with Gasteiger partial charge < -0.3 is 5.73 Å². The Morgan fingerprint density at radius 3 is 2.78 bits per heavy atom. The van der Waals surface area contributed by atoms with Gasteiger partial charge in [0.2, 0.25) is 5.91 Å². The topological polar surface area (TPSA) is 84.9 Å². The molecule has 7 heteroatoms. The Hall–Kier alpha value is -1.08. The molecule has 0 saturated carbocycles. The largest absolute Gasteiger partial charge is 0.369 e. The predicted molar refractivity (Wildman–Crippen MR) is 96.4 cm³/mol. The summed E-state index contributed by atoms with van der Waals surface area (Å²) in [5.74, 6) is -0.119. The summed E-state index contributed by atoms with van der Waals surface area (Å²) in [5.41, 5.74) is 6.64. The number of primary amides is 1. The van der Waals surface area contributed by atoms with E-state index < -0.39 is 5.91 Å². The van der Waals surface area contributed by atoms with E-state index >= 15 is 0 Å². The van der Waals surface area contributed by atoms with Gasteiger partial charge in [-0.2, -0.15) is 4.99 Å². The number of rotatable bonds is 2. The SMILES string of the molecule is CC(C)(C)C1CCC2=C(C1)SC1=NC(SCC(N)=O)=NC(=O)C12.